The Labute approximate surface area is 137 Å². The predicted molar refractivity (Wildman–Crippen MR) is 86.8 cm³/mol. The van der Waals surface area contributed by atoms with Crippen LogP contribution in [0.5, 0.6) is 0 Å². The first kappa shape index (κ1) is 16.4. The predicted octanol–water partition coefficient (Wildman–Crippen LogP) is 0.454. The molecular formula is C15H24N4O3S. The molecule has 2 aliphatic rings. The van der Waals surface area contributed by atoms with Crippen LogP contribution in [0.2, 0.25) is 0 Å². The van der Waals surface area contributed by atoms with Gasteiger partial charge in [0.15, 0.2) is 0 Å². The van der Waals surface area contributed by atoms with Crippen LogP contribution in [0.25, 0.3) is 0 Å². The first-order chi connectivity index (χ1) is 11.0. The molecule has 1 fully saturated rings. The number of rotatable bonds is 5. The fraction of sp³-hybridized carbons (Fsp3) is 0.733. The molecule has 1 saturated heterocycles. The Kier molecular flexibility index (Phi) is 4.72. The fourth-order valence-electron chi connectivity index (χ4n) is 3.44. The van der Waals surface area contributed by atoms with Gasteiger partial charge in [0.05, 0.1) is 11.4 Å². The number of sulfonamides is 1. The number of carbonyl (C=O) groups is 1. The Morgan fingerprint density at radius 1 is 1.17 bits per heavy atom. The largest absolute Gasteiger partial charge is 0.350 e. The molecule has 0 spiro atoms. The zero-order chi connectivity index (χ0) is 16.4. The minimum atomic E-state index is -3.26. The fourth-order valence-corrected chi connectivity index (χ4v) is 4.87. The van der Waals surface area contributed by atoms with E-state index in [1.54, 1.807) is 11.7 Å². The van der Waals surface area contributed by atoms with Crippen molar-refractivity contribution < 1.29 is 13.2 Å². The summed E-state index contributed by atoms with van der Waals surface area (Å²) in [6.07, 6.45) is 5.82. The van der Waals surface area contributed by atoms with Gasteiger partial charge in [-0.15, -0.1) is 0 Å². The van der Waals surface area contributed by atoms with Crippen molar-refractivity contribution in [3.63, 3.8) is 0 Å². The third-order valence-corrected chi connectivity index (χ3v) is 6.51. The van der Waals surface area contributed by atoms with Crippen molar-refractivity contribution in [2.24, 2.45) is 7.05 Å². The van der Waals surface area contributed by atoms with Gasteiger partial charge in [-0.3, -0.25) is 9.48 Å². The highest BCUT2D eigenvalue weighted by molar-refractivity contribution is 7.89. The van der Waals surface area contributed by atoms with Crippen molar-refractivity contribution in [3.8, 4) is 0 Å². The molecule has 0 unspecified atom stereocenters. The van der Waals surface area contributed by atoms with Gasteiger partial charge in [0.2, 0.25) is 10.0 Å². The van der Waals surface area contributed by atoms with Crippen LogP contribution in [0, 0.1) is 0 Å². The topological polar surface area (TPSA) is 84.3 Å². The molecule has 0 saturated carbocycles. The summed E-state index contributed by atoms with van der Waals surface area (Å²) in [4.78, 5) is 12.4. The summed E-state index contributed by atoms with van der Waals surface area (Å²) >= 11 is 0. The number of carbonyl (C=O) groups excluding carboxylic acids is 1. The summed E-state index contributed by atoms with van der Waals surface area (Å²) < 4.78 is 27.5. The molecule has 2 heterocycles. The van der Waals surface area contributed by atoms with Crippen LogP contribution < -0.4 is 5.32 Å². The number of aryl methyl sites for hydroxylation is 2. The number of nitrogens with zero attached hydrogens (tertiary/aromatic N) is 3. The van der Waals surface area contributed by atoms with Gasteiger partial charge in [0.1, 0.15) is 5.69 Å². The van der Waals surface area contributed by atoms with Gasteiger partial charge in [-0.2, -0.15) is 5.10 Å². The van der Waals surface area contributed by atoms with Crippen LogP contribution in [-0.2, 0) is 29.9 Å². The Bertz CT molecular complexity index is 690. The van der Waals surface area contributed by atoms with Gasteiger partial charge in [-0.1, -0.05) is 0 Å². The lowest BCUT2D eigenvalue weighted by molar-refractivity contribution is 0.0945. The highest BCUT2D eigenvalue weighted by Crippen LogP contribution is 2.23. The number of nitrogens with one attached hydrogen (secondary N) is 1. The van der Waals surface area contributed by atoms with E-state index in [4.69, 9.17) is 0 Å². The molecule has 0 atom stereocenters. The molecule has 23 heavy (non-hydrogen) atoms. The molecule has 1 N–H and O–H groups in total. The first-order valence-corrected chi connectivity index (χ1v) is 9.91. The number of hydrogen-bond donors (Lipinski definition) is 1. The van der Waals surface area contributed by atoms with E-state index in [0.717, 1.165) is 49.8 Å². The maximum absolute atomic E-state index is 12.4. The zero-order valence-corrected chi connectivity index (χ0v) is 14.4. The molecule has 3 rings (SSSR count). The summed E-state index contributed by atoms with van der Waals surface area (Å²) in [5, 5.41) is 7.17. The SMILES string of the molecule is Cn1nc2c(c1C(=O)NCCS(=O)(=O)N1CCCC1)CCCC2. The molecule has 128 valence electrons. The number of fused-ring (bicyclic) bond motifs is 1. The number of amides is 1. The summed E-state index contributed by atoms with van der Waals surface area (Å²) in [7, 11) is -1.48. The van der Waals surface area contributed by atoms with Crippen LogP contribution in [0.3, 0.4) is 0 Å². The van der Waals surface area contributed by atoms with E-state index in [-0.39, 0.29) is 18.2 Å². The van der Waals surface area contributed by atoms with Gasteiger partial charge < -0.3 is 5.32 Å². The first-order valence-electron chi connectivity index (χ1n) is 8.30. The van der Waals surface area contributed by atoms with E-state index in [0.29, 0.717) is 18.8 Å². The number of hydrogen-bond acceptors (Lipinski definition) is 4. The Balaban J connectivity index is 1.61. The molecule has 1 aromatic rings. The third kappa shape index (κ3) is 3.42. The third-order valence-electron chi connectivity index (χ3n) is 4.64. The monoisotopic (exact) mass is 340 g/mol. The van der Waals surface area contributed by atoms with Gasteiger partial charge in [0, 0.05) is 32.2 Å². The van der Waals surface area contributed by atoms with Gasteiger partial charge in [0.25, 0.3) is 5.91 Å². The normalized spacial score (nSPS) is 18.8. The minimum absolute atomic E-state index is 0.0429. The van der Waals surface area contributed by atoms with Crippen LogP contribution in [-0.4, -0.2) is 53.8 Å². The van der Waals surface area contributed by atoms with E-state index in [9.17, 15) is 13.2 Å². The van der Waals surface area contributed by atoms with E-state index in [1.807, 2.05) is 0 Å². The average Bonchev–Trinajstić information content (AvgIpc) is 3.13. The maximum Gasteiger partial charge on any atom is 0.269 e. The average molecular weight is 340 g/mol. The molecule has 1 aromatic heterocycles. The summed E-state index contributed by atoms with van der Waals surface area (Å²) in [6, 6.07) is 0. The Morgan fingerprint density at radius 2 is 1.87 bits per heavy atom. The molecule has 0 bridgehead atoms. The lowest BCUT2D eigenvalue weighted by atomic mass is 9.96. The van der Waals surface area contributed by atoms with Crippen LogP contribution in [0.15, 0.2) is 0 Å². The highest BCUT2D eigenvalue weighted by Gasteiger charge is 2.26. The second kappa shape index (κ2) is 6.60. The van der Waals surface area contributed by atoms with Crippen molar-refractivity contribution in [3.05, 3.63) is 17.0 Å². The van der Waals surface area contributed by atoms with Gasteiger partial charge in [-0.25, -0.2) is 12.7 Å². The van der Waals surface area contributed by atoms with Gasteiger partial charge in [-0.05, 0) is 38.5 Å². The maximum atomic E-state index is 12.4. The zero-order valence-electron chi connectivity index (χ0n) is 13.5. The van der Waals surface area contributed by atoms with Gasteiger partial charge >= 0.3 is 0 Å². The smallest absolute Gasteiger partial charge is 0.269 e. The molecule has 8 heteroatoms. The van der Waals surface area contributed by atoms with Crippen LogP contribution in [0.4, 0.5) is 0 Å². The molecule has 1 aliphatic heterocycles. The van der Waals surface area contributed by atoms with Crippen molar-refractivity contribution >= 4 is 15.9 Å². The van der Waals surface area contributed by atoms with Crippen molar-refractivity contribution in [1.82, 2.24) is 19.4 Å². The molecular weight excluding hydrogens is 316 g/mol. The molecule has 1 aliphatic carbocycles. The molecule has 0 radical (unpaired) electrons. The van der Waals surface area contributed by atoms with E-state index >= 15 is 0 Å². The second-order valence-corrected chi connectivity index (χ2v) is 8.37. The molecule has 1 amide bonds. The lowest BCUT2D eigenvalue weighted by Gasteiger charge is -2.16. The van der Waals surface area contributed by atoms with Crippen molar-refractivity contribution in [2.75, 3.05) is 25.4 Å². The summed E-state index contributed by atoms with van der Waals surface area (Å²) in [5.41, 5.74) is 2.62. The Morgan fingerprint density at radius 3 is 2.61 bits per heavy atom. The standard InChI is InChI=1S/C15H24N4O3S/c1-18-14(12-6-2-3-7-13(12)17-18)15(20)16-8-11-23(21,22)19-9-4-5-10-19/h2-11H2,1H3,(H,16,20). The quantitative estimate of drug-likeness (QED) is 0.844. The number of aromatic nitrogens is 2. The minimum Gasteiger partial charge on any atom is -0.350 e. The molecule has 7 nitrogen and oxygen atoms in total. The second-order valence-electron chi connectivity index (χ2n) is 6.28. The van der Waals surface area contributed by atoms with E-state index in [1.165, 1.54) is 4.31 Å². The highest BCUT2D eigenvalue weighted by atomic mass is 32.2. The molecule has 0 aromatic carbocycles. The summed E-state index contributed by atoms with van der Waals surface area (Å²) in [6.45, 7) is 1.34. The lowest BCUT2D eigenvalue weighted by Crippen LogP contribution is -2.36. The van der Waals surface area contributed by atoms with Crippen LogP contribution >= 0.6 is 0 Å². The van der Waals surface area contributed by atoms with E-state index in [2.05, 4.69) is 10.4 Å². The summed E-state index contributed by atoms with van der Waals surface area (Å²) in [5.74, 6) is -0.265. The Hall–Kier alpha value is -1.41. The van der Waals surface area contributed by atoms with Crippen molar-refractivity contribution in [1.29, 1.82) is 0 Å². The van der Waals surface area contributed by atoms with E-state index < -0.39 is 10.0 Å². The van der Waals surface area contributed by atoms with Crippen LogP contribution in [0.1, 0.15) is 47.4 Å². The van der Waals surface area contributed by atoms with Crippen molar-refractivity contribution in [2.45, 2.75) is 38.5 Å².